The average Bonchev–Trinajstić information content (AvgIpc) is 2.58. The molecule has 0 unspecified atom stereocenters. The molecule has 1 aromatic carbocycles. The van der Waals surface area contributed by atoms with Crippen molar-refractivity contribution in [2.75, 3.05) is 4.90 Å². The van der Waals surface area contributed by atoms with Gasteiger partial charge in [0.15, 0.2) is 0 Å². The third-order valence-corrected chi connectivity index (χ3v) is 2.65. The molecule has 1 aliphatic rings. The van der Waals surface area contributed by atoms with Crippen LogP contribution < -0.4 is 4.90 Å². The molecule has 0 radical (unpaired) electrons. The number of halogens is 4. The summed E-state index contributed by atoms with van der Waals surface area (Å²) >= 11 is 5.44. The van der Waals surface area contributed by atoms with Crippen molar-refractivity contribution in [1.29, 1.82) is 0 Å². The number of carbonyl (C=O) groups is 2. The number of anilines is 1. The lowest BCUT2D eigenvalue weighted by Gasteiger charge is -2.16. The number of rotatable bonds is 1. The van der Waals surface area contributed by atoms with Crippen LogP contribution in [-0.4, -0.2) is 11.8 Å². The monoisotopic (exact) mass is 275 g/mol. The highest BCUT2D eigenvalue weighted by atomic mass is 35.5. The Labute approximate surface area is 104 Å². The summed E-state index contributed by atoms with van der Waals surface area (Å²) in [5.41, 5.74) is -1.25. The molecule has 0 atom stereocenters. The Kier molecular flexibility index (Phi) is 2.90. The molecule has 0 fully saturated rings. The standard InChI is InChI=1S/C11H5ClF3NO2/c12-8-2-1-6(5-7(8)11(13,14)15)16-9(17)3-4-10(16)18/h1-5H. The van der Waals surface area contributed by atoms with Crippen molar-refractivity contribution < 1.29 is 22.8 Å². The van der Waals surface area contributed by atoms with Crippen LogP contribution >= 0.6 is 11.6 Å². The number of benzene rings is 1. The number of hydrogen-bond donors (Lipinski definition) is 0. The van der Waals surface area contributed by atoms with Crippen LogP contribution in [0.15, 0.2) is 30.4 Å². The highest BCUT2D eigenvalue weighted by molar-refractivity contribution is 6.32. The molecule has 3 nitrogen and oxygen atoms in total. The quantitative estimate of drug-likeness (QED) is 0.739. The number of alkyl halides is 3. The molecular weight excluding hydrogens is 271 g/mol. The normalized spacial score (nSPS) is 15.7. The summed E-state index contributed by atoms with van der Waals surface area (Å²) in [7, 11) is 0. The van der Waals surface area contributed by atoms with E-state index in [0.717, 1.165) is 18.2 Å². The molecule has 18 heavy (non-hydrogen) atoms. The number of hydrogen-bond acceptors (Lipinski definition) is 2. The van der Waals surface area contributed by atoms with Crippen molar-refractivity contribution in [2.24, 2.45) is 0 Å². The lowest BCUT2D eigenvalue weighted by atomic mass is 10.2. The van der Waals surface area contributed by atoms with E-state index in [2.05, 4.69) is 0 Å². The summed E-state index contributed by atoms with van der Waals surface area (Å²) in [6.07, 6.45) is -2.67. The van der Waals surface area contributed by atoms with E-state index in [1.54, 1.807) is 0 Å². The molecule has 94 valence electrons. The van der Waals surface area contributed by atoms with Crippen molar-refractivity contribution in [1.82, 2.24) is 0 Å². The largest absolute Gasteiger partial charge is 0.417 e. The summed E-state index contributed by atoms with van der Waals surface area (Å²) in [5, 5.41) is -0.488. The number of amides is 2. The second kappa shape index (κ2) is 4.13. The third kappa shape index (κ3) is 2.11. The van der Waals surface area contributed by atoms with Gasteiger partial charge in [-0.3, -0.25) is 9.59 Å². The maximum absolute atomic E-state index is 12.6. The van der Waals surface area contributed by atoms with Gasteiger partial charge in [-0.2, -0.15) is 13.2 Å². The lowest BCUT2D eigenvalue weighted by Crippen LogP contribution is -2.29. The maximum atomic E-state index is 12.6. The van der Waals surface area contributed by atoms with E-state index >= 15 is 0 Å². The molecular formula is C11H5ClF3NO2. The van der Waals surface area contributed by atoms with Crippen molar-refractivity contribution in [3.05, 3.63) is 40.9 Å². The third-order valence-electron chi connectivity index (χ3n) is 2.32. The highest BCUT2D eigenvalue weighted by Crippen LogP contribution is 2.37. The Morgan fingerprint density at radius 3 is 2.11 bits per heavy atom. The van der Waals surface area contributed by atoms with E-state index in [1.165, 1.54) is 6.07 Å². The molecule has 1 aromatic rings. The fraction of sp³-hybridized carbons (Fsp3) is 0.0909. The Morgan fingerprint density at radius 2 is 1.61 bits per heavy atom. The zero-order chi connectivity index (χ0) is 13.5. The molecule has 0 aromatic heterocycles. The van der Waals surface area contributed by atoms with E-state index in [9.17, 15) is 22.8 Å². The van der Waals surface area contributed by atoms with Gasteiger partial charge in [0.2, 0.25) is 0 Å². The Hall–Kier alpha value is -1.82. The highest BCUT2D eigenvalue weighted by Gasteiger charge is 2.35. The average molecular weight is 276 g/mol. The van der Waals surface area contributed by atoms with E-state index in [-0.39, 0.29) is 5.69 Å². The van der Waals surface area contributed by atoms with Gasteiger partial charge < -0.3 is 0 Å². The summed E-state index contributed by atoms with van der Waals surface area (Å²) in [5.74, 6) is -1.37. The van der Waals surface area contributed by atoms with E-state index < -0.39 is 28.6 Å². The van der Waals surface area contributed by atoms with E-state index in [1.807, 2.05) is 0 Å². The predicted molar refractivity (Wildman–Crippen MR) is 58.1 cm³/mol. The minimum atomic E-state index is -4.65. The fourth-order valence-corrected chi connectivity index (χ4v) is 1.75. The van der Waals surface area contributed by atoms with Crippen molar-refractivity contribution in [3.8, 4) is 0 Å². The molecule has 2 rings (SSSR count). The van der Waals surface area contributed by atoms with Gasteiger partial charge in [-0.15, -0.1) is 0 Å². The van der Waals surface area contributed by atoms with Crippen LogP contribution in [0.5, 0.6) is 0 Å². The molecule has 1 heterocycles. The van der Waals surface area contributed by atoms with Gasteiger partial charge in [-0.05, 0) is 18.2 Å². The van der Waals surface area contributed by atoms with Crippen LogP contribution in [0.25, 0.3) is 0 Å². The second-order valence-electron chi connectivity index (χ2n) is 3.51. The number of nitrogens with zero attached hydrogens (tertiary/aromatic N) is 1. The first kappa shape index (κ1) is 12.6. The van der Waals surface area contributed by atoms with Gasteiger partial charge in [0.05, 0.1) is 16.3 Å². The van der Waals surface area contributed by atoms with Gasteiger partial charge in [-0.25, -0.2) is 4.90 Å². The Bertz CT molecular complexity index is 548. The van der Waals surface area contributed by atoms with Gasteiger partial charge in [0.1, 0.15) is 0 Å². The summed E-state index contributed by atoms with van der Waals surface area (Å²) < 4.78 is 37.9. The molecule has 0 N–H and O–H groups in total. The SMILES string of the molecule is O=C1C=CC(=O)N1c1ccc(Cl)c(C(F)(F)F)c1. The molecule has 7 heteroatoms. The molecule has 0 saturated heterocycles. The van der Waals surface area contributed by atoms with Gasteiger partial charge in [0, 0.05) is 12.2 Å². The van der Waals surface area contributed by atoms with Crippen molar-refractivity contribution in [3.63, 3.8) is 0 Å². The first-order valence-electron chi connectivity index (χ1n) is 4.73. The molecule has 1 aliphatic heterocycles. The Balaban J connectivity index is 2.48. The van der Waals surface area contributed by atoms with Gasteiger partial charge in [0.25, 0.3) is 11.8 Å². The van der Waals surface area contributed by atoms with Crippen molar-refractivity contribution >= 4 is 29.1 Å². The molecule has 0 spiro atoms. The minimum absolute atomic E-state index is 0.160. The summed E-state index contributed by atoms with van der Waals surface area (Å²) in [6.45, 7) is 0. The van der Waals surface area contributed by atoms with E-state index in [0.29, 0.717) is 11.0 Å². The first-order chi connectivity index (χ1) is 8.30. The van der Waals surface area contributed by atoms with Crippen LogP contribution in [0.4, 0.5) is 18.9 Å². The zero-order valence-corrected chi connectivity index (χ0v) is 9.42. The number of imide groups is 1. The number of carbonyl (C=O) groups excluding carboxylic acids is 2. The van der Waals surface area contributed by atoms with Gasteiger partial charge >= 0.3 is 6.18 Å². The molecule has 0 aliphatic carbocycles. The maximum Gasteiger partial charge on any atom is 0.417 e. The lowest BCUT2D eigenvalue weighted by molar-refractivity contribution is -0.137. The first-order valence-corrected chi connectivity index (χ1v) is 5.11. The topological polar surface area (TPSA) is 37.4 Å². The van der Waals surface area contributed by atoms with Crippen LogP contribution in [0.2, 0.25) is 5.02 Å². The van der Waals surface area contributed by atoms with E-state index in [4.69, 9.17) is 11.6 Å². The van der Waals surface area contributed by atoms with Crippen LogP contribution in [-0.2, 0) is 15.8 Å². The van der Waals surface area contributed by atoms with Crippen molar-refractivity contribution in [2.45, 2.75) is 6.18 Å². The molecule has 2 amide bonds. The van der Waals surface area contributed by atoms with Crippen LogP contribution in [0.1, 0.15) is 5.56 Å². The zero-order valence-electron chi connectivity index (χ0n) is 8.66. The smallest absolute Gasteiger partial charge is 0.269 e. The second-order valence-corrected chi connectivity index (χ2v) is 3.91. The molecule has 0 saturated carbocycles. The molecule has 0 bridgehead atoms. The van der Waals surface area contributed by atoms with Crippen LogP contribution in [0, 0.1) is 0 Å². The fourth-order valence-electron chi connectivity index (χ4n) is 1.52. The minimum Gasteiger partial charge on any atom is -0.269 e. The summed E-state index contributed by atoms with van der Waals surface area (Å²) in [6, 6.07) is 2.85. The summed E-state index contributed by atoms with van der Waals surface area (Å²) in [4.78, 5) is 23.3. The predicted octanol–water partition coefficient (Wildman–Crippen LogP) is 2.79. The van der Waals surface area contributed by atoms with Crippen LogP contribution in [0.3, 0.4) is 0 Å². The van der Waals surface area contributed by atoms with Gasteiger partial charge in [-0.1, -0.05) is 11.6 Å². The Morgan fingerprint density at radius 1 is 1.06 bits per heavy atom.